The van der Waals surface area contributed by atoms with Gasteiger partial charge < -0.3 is 4.42 Å². The molecule has 2 rings (SSSR count). The van der Waals surface area contributed by atoms with E-state index in [0.29, 0.717) is 5.76 Å². The number of nitrogens with one attached hydrogen (secondary N) is 1. The van der Waals surface area contributed by atoms with Crippen LogP contribution in [-0.2, 0) is 10.0 Å². The Morgan fingerprint density at radius 1 is 1.38 bits per heavy atom. The van der Waals surface area contributed by atoms with Gasteiger partial charge in [0.25, 0.3) is 10.0 Å². The molecule has 0 aliphatic rings. The zero-order chi connectivity index (χ0) is 15.5. The van der Waals surface area contributed by atoms with Gasteiger partial charge in [-0.05, 0) is 38.4 Å². The second-order valence-corrected chi connectivity index (χ2v) is 6.32. The first-order chi connectivity index (χ1) is 9.92. The van der Waals surface area contributed by atoms with Crippen LogP contribution in [0.25, 0.3) is 0 Å². The summed E-state index contributed by atoms with van der Waals surface area (Å²) in [5.74, 6) is -0.270. The molecule has 6 nitrogen and oxygen atoms in total. The molecule has 2 aromatic heterocycles. The molecule has 0 saturated carbocycles. The van der Waals surface area contributed by atoms with Crippen LogP contribution in [0.5, 0.6) is 0 Å². The monoisotopic (exact) mass is 313 g/mol. The maximum absolute atomic E-state index is 13.5. The maximum Gasteiger partial charge on any atom is 0.261 e. The van der Waals surface area contributed by atoms with Gasteiger partial charge in [-0.1, -0.05) is 0 Å². The van der Waals surface area contributed by atoms with Crippen LogP contribution in [0, 0.1) is 5.82 Å². The fourth-order valence-corrected chi connectivity index (χ4v) is 2.88. The minimum absolute atomic E-state index is 0.0405. The molecular formula is C13H16FN3O3S. The first-order valence-corrected chi connectivity index (χ1v) is 7.70. The fourth-order valence-electron chi connectivity index (χ4n) is 1.84. The third-order valence-electron chi connectivity index (χ3n) is 2.94. The lowest BCUT2D eigenvalue weighted by atomic mass is 10.2. The summed E-state index contributed by atoms with van der Waals surface area (Å²) in [5, 5.41) is -0.609. The van der Waals surface area contributed by atoms with E-state index >= 15 is 0 Å². The highest BCUT2D eigenvalue weighted by atomic mass is 32.2. The van der Waals surface area contributed by atoms with E-state index in [2.05, 4.69) is 9.71 Å². The summed E-state index contributed by atoms with van der Waals surface area (Å²) in [4.78, 5) is 5.37. The smallest absolute Gasteiger partial charge is 0.261 e. The normalized spacial score (nSPS) is 13.5. The summed E-state index contributed by atoms with van der Waals surface area (Å²) >= 11 is 0. The topological polar surface area (TPSA) is 75.4 Å². The van der Waals surface area contributed by atoms with Crippen molar-refractivity contribution in [2.75, 3.05) is 20.6 Å². The van der Waals surface area contributed by atoms with Crippen molar-refractivity contribution in [3.8, 4) is 0 Å². The summed E-state index contributed by atoms with van der Waals surface area (Å²) in [6, 6.07) is 5.55. The number of nitrogens with zero attached hydrogens (tertiary/aromatic N) is 2. The van der Waals surface area contributed by atoms with Crippen LogP contribution in [-0.4, -0.2) is 38.9 Å². The van der Waals surface area contributed by atoms with E-state index in [-0.39, 0.29) is 12.6 Å². The van der Waals surface area contributed by atoms with Gasteiger partial charge in [0.15, 0.2) is 5.82 Å². The maximum atomic E-state index is 13.5. The Morgan fingerprint density at radius 2 is 2.14 bits per heavy atom. The first-order valence-electron chi connectivity index (χ1n) is 6.22. The van der Waals surface area contributed by atoms with E-state index in [4.69, 9.17) is 4.42 Å². The van der Waals surface area contributed by atoms with Crippen LogP contribution in [0.2, 0.25) is 0 Å². The highest BCUT2D eigenvalue weighted by Gasteiger charge is 2.24. The van der Waals surface area contributed by atoms with E-state index in [1.165, 1.54) is 18.5 Å². The summed E-state index contributed by atoms with van der Waals surface area (Å²) in [6.07, 6.45) is 2.74. The van der Waals surface area contributed by atoms with E-state index < -0.39 is 20.9 Å². The SMILES string of the molecule is CN(C)C(CNS(=O)(=O)c1ncccc1F)c1ccco1. The molecule has 0 aliphatic carbocycles. The van der Waals surface area contributed by atoms with Crippen molar-refractivity contribution in [3.63, 3.8) is 0 Å². The number of sulfonamides is 1. The molecule has 8 heteroatoms. The quantitative estimate of drug-likeness (QED) is 0.872. The van der Waals surface area contributed by atoms with Crippen molar-refractivity contribution in [2.24, 2.45) is 0 Å². The van der Waals surface area contributed by atoms with E-state index in [9.17, 15) is 12.8 Å². The molecule has 0 aromatic carbocycles. The Kier molecular flexibility index (Phi) is 4.71. The predicted octanol–water partition coefficient (Wildman–Crippen LogP) is 1.39. The van der Waals surface area contributed by atoms with Crippen molar-refractivity contribution in [1.29, 1.82) is 0 Å². The van der Waals surface area contributed by atoms with Crippen LogP contribution in [0.4, 0.5) is 4.39 Å². The summed E-state index contributed by atoms with van der Waals surface area (Å²) in [7, 11) is -0.426. The molecule has 0 spiro atoms. The second kappa shape index (κ2) is 6.33. The third-order valence-corrected chi connectivity index (χ3v) is 4.30. The second-order valence-electron chi connectivity index (χ2n) is 4.64. The molecule has 0 fully saturated rings. The minimum atomic E-state index is -4.02. The number of aromatic nitrogens is 1. The Morgan fingerprint density at radius 3 is 2.71 bits per heavy atom. The zero-order valence-corrected chi connectivity index (χ0v) is 12.5. The first kappa shape index (κ1) is 15.6. The van der Waals surface area contributed by atoms with Gasteiger partial charge >= 0.3 is 0 Å². The number of pyridine rings is 1. The van der Waals surface area contributed by atoms with Crippen LogP contribution in [0.3, 0.4) is 0 Å². The van der Waals surface area contributed by atoms with Crippen molar-refractivity contribution >= 4 is 10.0 Å². The predicted molar refractivity (Wildman–Crippen MR) is 74.5 cm³/mol. The molecule has 1 N–H and O–H groups in total. The number of likely N-dealkylation sites (N-methyl/N-ethyl adjacent to an activating group) is 1. The van der Waals surface area contributed by atoms with Crippen molar-refractivity contribution in [2.45, 2.75) is 11.1 Å². The van der Waals surface area contributed by atoms with E-state index in [1.807, 2.05) is 0 Å². The van der Waals surface area contributed by atoms with Gasteiger partial charge in [0.2, 0.25) is 5.03 Å². The molecule has 0 saturated heterocycles. The molecule has 0 bridgehead atoms. The van der Waals surface area contributed by atoms with Crippen LogP contribution >= 0.6 is 0 Å². The molecule has 0 amide bonds. The van der Waals surface area contributed by atoms with Crippen LogP contribution < -0.4 is 4.72 Å². The van der Waals surface area contributed by atoms with E-state index in [0.717, 1.165) is 6.07 Å². The summed E-state index contributed by atoms with van der Waals surface area (Å²) in [5.41, 5.74) is 0. The van der Waals surface area contributed by atoms with Gasteiger partial charge in [0, 0.05) is 12.7 Å². The third kappa shape index (κ3) is 3.66. The van der Waals surface area contributed by atoms with Crippen LogP contribution in [0.1, 0.15) is 11.8 Å². The number of furan rings is 1. The van der Waals surface area contributed by atoms with Crippen molar-refractivity contribution < 1.29 is 17.2 Å². The Labute approximate surface area is 122 Å². The van der Waals surface area contributed by atoms with Crippen molar-refractivity contribution in [1.82, 2.24) is 14.6 Å². The zero-order valence-electron chi connectivity index (χ0n) is 11.7. The number of halogens is 1. The van der Waals surface area contributed by atoms with Gasteiger partial charge in [-0.2, -0.15) is 0 Å². The minimum Gasteiger partial charge on any atom is -0.468 e. The molecule has 114 valence electrons. The van der Waals surface area contributed by atoms with Gasteiger partial charge in [-0.25, -0.2) is 22.5 Å². The number of hydrogen-bond acceptors (Lipinski definition) is 5. The number of hydrogen-bond donors (Lipinski definition) is 1. The lowest BCUT2D eigenvalue weighted by Crippen LogP contribution is -2.35. The lowest BCUT2D eigenvalue weighted by molar-refractivity contribution is 0.259. The highest BCUT2D eigenvalue weighted by Crippen LogP contribution is 2.19. The molecule has 2 heterocycles. The molecule has 1 atom stereocenters. The Hall–Kier alpha value is -1.77. The highest BCUT2D eigenvalue weighted by molar-refractivity contribution is 7.89. The lowest BCUT2D eigenvalue weighted by Gasteiger charge is -2.22. The van der Waals surface area contributed by atoms with Gasteiger partial charge in [0.05, 0.1) is 12.3 Å². The largest absolute Gasteiger partial charge is 0.468 e. The molecule has 21 heavy (non-hydrogen) atoms. The molecular weight excluding hydrogens is 297 g/mol. The fraction of sp³-hybridized carbons (Fsp3) is 0.308. The Bertz CT molecular complexity index is 686. The number of rotatable bonds is 6. The molecule has 0 aliphatic heterocycles. The molecule has 2 aromatic rings. The van der Waals surface area contributed by atoms with Gasteiger partial charge in [-0.15, -0.1) is 0 Å². The van der Waals surface area contributed by atoms with Crippen molar-refractivity contribution in [3.05, 3.63) is 48.3 Å². The van der Waals surface area contributed by atoms with Gasteiger partial charge in [-0.3, -0.25) is 4.90 Å². The molecule has 0 radical (unpaired) electrons. The standard InChI is InChI=1S/C13H16FN3O3S/c1-17(2)11(12-6-4-8-20-12)9-16-21(18,19)13-10(14)5-3-7-15-13/h3-8,11,16H,9H2,1-2H3. The average molecular weight is 313 g/mol. The van der Waals surface area contributed by atoms with Gasteiger partial charge in [0.1, 0.15) is 5.76 Å². The van der Waals surface area contributed by atoms with Crippen LogP contribution in [0.15, 0.2) is 46.2 Å². The average Bonchev–Trinajstić information content (AvgIpc) is 2.92. The molecule has 1 unspecified atom stereocenters. The van der Waals surface area contributed by atoms with E-state index in [1.54, 1.807) is 31.1 Å². The summed E-state index contributed by atoms with van der Waals surface area (Å²) in [6.45, 7) is 0.0405. The Balaban J connectivity index is 2.16. The summed E-state index contributed by atoms with van der Waals surface area (Å²) < 4.78 is 45.3.